The molecule has 1 N–H and O–H groups in total. The molecule has 8 nitrogen and oxygen atoms in total. The molecule has 0 saturated carbocycles. The first-order valence-corrected chi connectivity index (χ1v) is 9.56. The number of halogens is 2. The average Bonchev–Trinajstić information content (AvgIpc) is 3.06. The van der Waals surface area contributed by atoms with Crippen LogP contribution in [0.15, 0.2) is 68.8 Å². The van der Waals surface area contributed by atoms with Crippen LogP contribution in [0.25, 0.3) is 0 Å². The van der Waals surface area contributed by atoms with Crippen molar-refractivity contribution in [2.24, 2.45) is 5.10 Å². The summed E-state index contributed by atoms with van der Waals surface area (Å²) in [7, 11) is 0. The summed E-state index contributed by atoms with van der Waals surface area (Å²) in [6.45, 7) is 0.287. The molecule has 0 fully saturated rings. The van der Waals surface area contributed by atoms with E-state index in [0.717, 1.165) is 20.1 Å². The second-order valence-corrected chi connectivity index (χ2v) is 7.53. The first-order valence-electron chi connectivity index (χ1n) is 7.97. The van der Waals surface area contributed by atoms with Crippen molar-refractivity contribution in [3.8, 4) is 0 Å². The number of aromatic nitrogens is 2. The van der Waals surface area contributed by atoms with Crippen LogP contribution in [0.5, 0.6) is 0 Å². The van der Waals surface area contributed by atoms with E-state index in [1.165, 1.54) is 17.1 Å². The first-order chi connectivity index (χ1) is 13.4. The fraction of sp³-hybridized carbons (Fsp3) is 0.0556. The molecule has 142 valence electrons. The molecule has 1 aromatic heterocycles. The number of carbonyl (C=O) groups excluding carboxylic acids is 1. The van der Waals surface area contributed by atoms with Crippen LogP contribution in [0.4, 0.5) is 5.69 Å². The van der Waals surface area contributed by atoms with Crippen LogP contribution in [0, 0.1) is 10.1 Å². The Labute approximate surface area is 176 Å². The Morgan fingerprint density at radius 3 is 2.61 bits per heavy atom. The number of carbonyl (C=O) groups is 1. The largest absolute Gasteiger partial charge is 0.320 e. The molecular weight excluding hydrogens is 494 g/mol. The highest BCUT2D eigenvalue weighted by atomic mass is 79.9. The Morgan fingerprint density at radius 2 is 1.93 bits per heavy atom. The molecule has 0 aliphatic rings. The highest BCUT2D eigenvalue weighted by Crippen LogP contribution is 2.19. The van der Waals surface area contributed by atoms with Gasteiger partial charge in [-0.25, -0.2) is 5.43 Å². The van der Waals surface area contributed by atoms with Crippen molar-refractivity contribution in [3.05, 3.63) is 90.6 Å². The summed E-state index contributed by atoms with van der Waals surface area (Å²) >= 11 is 6.71. The van der Waals surface area contributed by atoms with Gasteiger partial charge < -0.3 is 0 Å². The van der Waals surface area contributed by atoms with Gasteiger partial charge in [-0.15, -0.1) is 0 Å². The van der Waals surface area contributed by atoms with Crippen molar-refractivity contribution in [2.45, 2.75) is 6.54 Å². The van der Waals surface area contributed by atoms with Crippen LogP contribution >= 0.6 is 31.9 Å². The van der Waals surface area contributed by atoms with E-state index in [1.54, 1.807) is 6.07 Å². The predicted octanol–water partition coefficient (Wildman–Crippen LogP) is 4.13. The van der Waals surface area contributed by atoms with Gasteiger partial charge in [0.2, 0.25) is 5.69 Å². The molecule has 0 atom stereocenters. The molecule has 0 aliphatic heterocycles. The molecule has 28 heavy (non-hydrogen) atoms. The van der Waals surface area contributed by atoms with Crippen molar-refractivity contribution in [1.82, 2.24) is 15.2 Å². The molecular formula is C18H13Br2N5O3. The number of hydrogen-bond acceptors (Lipinski definition) is 5. The first kappa shape index (κ1) is 19.9. The Balaban J connectivity index is 1.77. The van der Waals surface area contributed by atoms with Gasteiger partial charge in [-0.1, -0.05) is 56.1 Å². The number of hydrogen-bond donors (Lipinski definition) is 1. The highest BCUT2D eigenvalue weighted by molar-refractivity contribution is 9.10. The number of nitrogens with zero attached hydrogens (tertiary/aromatic N) is 4. The zero-order valence-electron chi connectivity index (χ0n) is 14.3. The molecule has 2 aromatic carbocycles. The van der Waals surface area contributed by atoms with E-state index in [9.17, 15) is 14.9 Å². The molecule has 0 radical (unpaired) electrons. The predicted molar refractivity (Wildman–Crippen MR) is 111 cm³/mol. The lowest BCUT2D eigenvalue weighted by Gasteiger charge is -2.01. The highest BCUT2D eigenvalue weighted by Gasteiger charge is 2.25. The number of hydrazone groups is 1. The standard InChI is InChI=1S/C18H13Br2N5O3/c19-14-5-1-3-12(7-14)9-21-22-18(26)17-16(25(27)28)11-24(23-17)10-13-4-2-6-15(20)8-13/h1-9,11H,10H2,(H,22,26). The minimum atomic E-state index is -0.758. The fourth-order valence-electron chi connectivity index (χ4n) is 2.41. The average molecular weight is 507 g/mol. The second kappa shape index (κ2) is 8.89. The summed E-state index contributed by atoms with van der Waals surface area (Å²) < 4.78 is 3.10. The minimum Gasteiger partial charge on any atom is -0.265 e. The quantitative estimate of drug-likeness (QED) is 0.308. The monoisotopic (exact) mass is 505 g/mol. The number of benzene rings is 2. The Kier molecular flexibility index (Phi) is 6.32. The third kappa shape index (κ3) is 5.11. The maximum atomic E-state index is 12.3. The number of amides is 1. The van der Waals surface area contributed by atoms with E-state index >= 15 is 0 Å². The second-order valence-electron chi connectivity index (χ2n) is 5.70. The lowest BCUT2D eigenvalue weighted by atomic mass is 10.2. The van der Waals surface area contributed by atoms with E-state index in [4.69, 9.17) is 0 Å². The van der Waals surface area contributed by atoms with Crippen molar-refractivity contribution in [2.75, 3.05) is 0 Å². The Bertz CT molecular complexity index is 1060. The molecule has 0 aliphatic carbocycles. The van der Waals surface area contributed by atoms with Gasteiger partial charge in [-0.3, -0.25) is 19.6 Å². The van der Waals surface area contributed by atoms with Gasteiger partial charge in [-0.05, 0) is 35.4 Å². The smallest absolute Gasteiger partial charge is 0.265 e. The van der Waals surface area contributed by atoms with Gasteiger partial charge in [0.1, 0.15) is 6.20 Å². The van der Waals surface area contributed by atoms with Crippen LogP contribution < -0.4 is 5.43 Å². The Hall–Kier alpha value is -2.85. The molecule has 0 bridgehead atoms. The number of rotatable bonds is 6. The van der Waals surface area contributed by atoms with Crippen LogP contribution in [-0.4, -0.2) is 26.8 Å². The van der Waals surface area contributed by atoms with Gasteiger partial charge in [-0.2, -0.15) is 10.2 Å². The summed E-state index contributed by atoms with van der Waals surface area (Å²) in [5.41, 5.74) is 3.23. The van der Waals surface area contributed by atoms with Crippen molar-refractivity contribution in [3.63, 3.8) is 0 Å². The molecule has 0 unspecified atom stereocenters. The fourth-order valence-corrected chi connectivity index (χ4v) is 3.28. The molecule has 1 amide bonds. The van der Waals surface area contributed by atoms with Gasteiger partial charge >= 0.3 is 5.69 Å². The lowest BCUT2D eigenvalue weighted by molar-refractivity contribution is -0.385. The molecule has 1 heterocycles. The molecule has 0 saturated heterocycles. The van der Waals surface area contributed by atoms with Crippen LogP contribution in [-0.2, 0) is 6.54 Å². The van der Waals surface area contributed by atoms with E-state index in [0.29, 0.717) is 0 Å². The molecule has 0 spiro atoms. The van der Waals surface area contributed by atoms with Gasteiger partial charge in [0, 0.05) is 8.95 Å². The number of nitro groups is 1. The summed E-state index contributed by atoms with van der Waals surface area (Å²) in [5, 5.41) is 19.2. The normalized spacial score (nSPS) is 10.9. The van der Waals surface area contributed by atoms with Crippen LogP contribution in [0.2, 0.25) is 0 Å². The van der Waals surface area contributed by atoms with Gasteiger partial charge in [0.25, 0.3) is 5.91 Å². The van der Waals surface area contributed by atoms with Gasteiger partial charge in [0.05, 0.1) is 17.7 Å². The maximum absolute atomic E-state index is 12.3. The van der Waals surface area contributed by atoms with E-state index < -0.39 is 10.8 Å². The zero-order chi connectivity index (χ0) is 20.1. The van der Waals surface area contributed by atoms with E-state index in [2.05, 4.69) is 47.5 Å². The van der Waals surface area contributed by atoms with Gasteiger partial charge in [0.15, 0.2) is 0 Å². The zero-order valence-corrected chi connectivity index (χ0v) is 17.4. The molecule has 10 heteroatoms. The maximum Gasteiger partial charge on any atom is 0.320 e. The SMILES string of the molecule is O=C(NN=Cc1cccc(Br)c1)c1nn(Cc2cccc(Br)c2)cc1[N+](=O)[O-]. The van der Waals surface area contributed by atoms with E-state index in [1.807, 2.05) is 42.5 Å². The van der Waals surface area contributed by atoms with Crippen molar-refractivity contribution >= 4 is 49.7 Å². The third-order valence-corrected chi connectivity index (χ3v) is 4.60. The number of nitrogens with one attached hydrogen (secondary N) is 1. The molecule has 3 rings (SSSR count). The van der Waals surface area contributed by atoms with Crippen molar-refractivity contribution in [1.29, 1.82) is 0 Å². The van der Waals surface area contributed by atoms with Crippen LogP contribution in [0.1, 0.15) is 21.6 Å². The summed E-state index contributed by atoms with van der Waals surface area (Å²) in [5.74, 6) is -0.758. The topological polar surface area (TPSA) is 102 Å². The minimum absolute atomic E-state index is 0.287. The summed E-state index contributed by atoms with van der Waals surface area (Å²) in [6, 6.07) is 14.7. The summed E-state index contributed by atoms with van der Waals surface area (Å²) in [6.07, 6.45) is 2.67. The summed E-state index contributed by atoms with van der Waals surface area (Å²) in [4.78, 5) is 23.0. The Morgan fingerprint density at radius 1 is 1.21 bits per heavy atom. The lowest BCUT2D eigenvalue weighted by Crippen LogP contribution is -2.19. The molecule has 3 aromatic rings. The van der Waals surface area contributed by atoms with Crippen LogP contribution in [0.3, 0.4) is 0 Å². The third-order valence-electron chi connectivity index (χ3n) is 3.62. The van der Waals surface area contributed by atoms with E-state index in [-0.39, 0.29) is 17.9 Å². The van der Waals surface area contributed by atoms with Crippen molar-refractivity contribution < 1.29 is 9.72 Å².